The van der Waals surface area contributed by atoms with E-state index in [0.29, 0.717) is 0 Å². The molecule has 3 heteroatoms. The van der Waals surface area contributed by atoms with Gasteiger partial charge in [-0.05, 0) is 26.8 Å². The van der Waals surface area contributed by atoms with E-state index in [0.717, 1.165) is 17.2 Å². The van der Waals surface area contributed by atoms with Crippen LogP contribution in [-0.4, -0.2) is 4.98 Å². The highest BCUT2D eigenvalue weighted by molar-refractivity contribution is 7.09. The van der Waals surface area contributed by atoms with Crippen molar-refractivity contribution in [2.24, 2.45) is 0 Å². The zero-order chi connectivity index (χ0) is 10.6. The summed E-state index contributed by atoms with van der Waals surface area (Å²) in [6.07, 6.45) is 4.74. The summed E-state index contributed by atoms with van der Waals surface area (Å²) in [5.74, 6) is 1.02. The largest absolute Gasteiger partial charge is 0.485 e. The first kappa shape index (κ1) is 11.2. The van der Waals surface area contributed by atoms with Crippen LogP contribution < -0.4 is 0 Å². The first-order chi connectivity index (χ1) is 6.60. The molecule has 1 aromatic rings. The molecule has 0 N–H and O–H groups in total. The maximum atomic E-state index is 5.89. The fourth-order valence-corrected chi connectivity index (χ4v) is 1.93. The van der Waals surface area contributed by atoms with Gasteiger partial charge < -0.3 is 4.74 Å². The molecule has 0 aromatic carbocycles. The predicted octanol–water partition coefficient (Wildman–Crippen LogP) is 3.71. The Bertz CT molecular complexity index is 301. The number of thiazole rings is 1. The minimum Gasteiger partial charge on any atom is -0.485 e. The van der Waals surface area contributed by atoms with E-state index in [1.165, 1.54) is 0 Å². The molecule has 14 heavy (non-hydrogen) atoms. The second kappa shape index (κ2) is 4.60. The van der Waals surface area contributed by atoms with Crippen LogP contribution in [0.2, 0.25) is 0 Å². The van der Waals surface area contributed by atoms with Gasteiger partial charge in [-0.15, -0.1) is 11.3 Å². The van der Waals surface area contributed by atoms with Crippen LogP contribution in [0.15, 0.2) is 23.4 Å². The summed E-state index contributed by atoms with van der Waals surface area (Å²) in [4.78, 5) is 4.28. The van der Waals surface area contributed by atoms with E-state index in [4.69, 9.17) is 4.74 Å². The van der Waals surface area contributed by atoms with Crippen LogP contribution in [0.4, 0.5) is 0 Å². The summed E-state index contributed by atoms with van der Waals surface area (Å²) in [5, 5.41) is 2.99. The van der Waals surface area contributed by atoms with Crippen molar-refractivity contribution in [2.75, 3.05) is 0 Å². The fourth-order valence-electron chi connectivity index (χ4n) is 1.23. The lowest BCUT2D eigenvalue weighted by Crippen LogP contribution is -2.20. The molecule has 78 valence electrons. The van der Waals surface area contributed by atoms with Crippen molar-refractivity contribution < 1.29 is 4.74 Å². The second-order valence-electron chi connectivity index (χ2n) is 3.56. The number of ether oxygens (including phenoxy) is 1. The normalized spacial score (nSPS) is 13.0. The molecule has 1 aromatic heterocycles. The van der Waals surface area contributed by atoms with E-state index in [2.05, 4.69) is 11.9 Å². The van der Waals surface area contributed by atoms with Gasteiger partial charge in [0.2, 0.25) is 0 Å². The monoisotopic (exact) mass is 211 g/mol. The fraction of sp³-hybridized carbons (Fsp3) is 0.545. The van der Waals surface area contributed by atoms with Gasteiger partial charge in [-0.3, -0.25) is 0 Å². The van der Waals surface area contributed by atoms with Gasteiger partial charge in [0.15, 0.2) is 5.60 Å². The maximum Gasteiger partial charge on any atom is 0.154 e. The molecule has 0 aliphatic rings. The lowest BCUT2D eigenvalue weighted by atomic mass is 10.1. The van der Waals surface area contributed by atoms with Gasteiger partial charge in [0.25, 0.3) is 0 Å². The van der Waals surface area contributed by atoms with Gasteiger partial charge in [-0.25, -0.2) is 4.98 Å². The van der Waals surface area contributed by atoms with Gasteiger partial charge in [-0.2, -0.15) is 0 Å². The maximum absolute atomic E-state index is 5.89. The quantitative estimate of drug-likeness (QED) is 0.708. The van der Waals surface area contributed by atoms with Crippen molar-refractivity contribution in [1.82, 2.24) is 4.98 Å². The molecule has 0 bridgehead atoms. The standard InChI is InChI=1S/C11H17NOS/c1-5-9(6-2)13-11(3,4)10-12-7-8-14-10/h5,7-8H,6H2,1-4H3/b9-5+. The molecule has 1 rings (SSSR count). The van der Waals surface area contributed by atoms with Gasteiger partial charge in [0, 0.05) is 18.0 Å². The van der Waals surface area contributed by atoms with Crippen LogP contribution in [0.25, 0.3) is 0 Å². The second-order valence-corrected chi connectivity index (χ2v) is 4.45. The van der Waals surface area contributed by atoms with Crippen molar-refractivity contribution in [3.05, 3.63) is 28.4 Å². The Balaban J connectivity index is 2.77. The average Bonchev–Trinajstić information content (AvgIpc) is 2.67. The summed E-state index contributed by atoms with van der Waals surface area (Å²) in [7, 11) is 0. The number of hydrogen-bond donors (Lipinski definition) is 0. The van der Waals surface area contributed by atoms with E-state index in [9.17, 15) is 0 Å². The molecular weight excluding hydrogens is 194 g/mol. The zero-order valence-corrected chi connectivity index (χ0v) is 10.0. The van der Waals surface area contributed by atoms with E-state index in [-0.39, 0.29) is 5.60 Å². The lowest BCUT2D eigenvalue weighted by Gasteiger charge is -2.25. The van der Waals surface area contributed by atoms with Crippen LogP contribution in [0.5, 0.6) is 0 Å². The van der Waals surface area contributed by atoms with Crippen LogP contribution >= 0.6 is 11.3 Å². The summed E-state index contributed by atoms with van der Waals surface area (Å²) < 4.78 is 5.89. The highest BCUT2D eigenvalue weighted by Gasteiger charge is 2.25. The van der Waals surface area contributed by atoms with Crippen molar-refractivity contribution in [1.29, 1.82) is 0 Å². The number of rotatable bonds is 4. The Labute approximate surface area is 89.6 Å². The summed E-state index contributed by atoms with van der Waals surface area (Å²) >= 11 is 1.63. The molecule has 1 heterocycles. The Hall–Kier alpha value is -0.830. The molecular formula is C11H17NOS. The van der Waals surface area contributed by atoms with E-state index in [1.54, 1.807) is 11.3 Å². The van der Waals surface area contributed by atoms with Crippen molar-refractivity contribution in [3.63, 3.8) is 0 Å². The predicted molar refractivity (Wildman–Crippen MR) is 60.3 cm³/mol. The molecule has 0 amide bonds. The number of aromatic nitrogens is 1. The van der Waals surface area contributed by atoms with E-state index >= 15 is 0 Å². The van der Waals surface area contributed by atoms with Gasteiger partial charge in [0.1, 0.15) is 5.01 Å². The first-order valence-corrected chi connectivity index (χ1v) is 5.72. The van der Waals surface area contributed by atoms with Crippen LogP contribution in [-0.2, 0) is 10.3 Å². The van der Waals surface area contributed by atoms with Crippen molar-refractivity contribution in [2.45, 2.75) is 39.7 Å². The SMILES string of the molecule is C/C=C(\CC)OC(C)(C)c1nccs1. The van der Waals surface area contributed by atoms with Crippen LogP contribution in [0.3, 0.4) is 0 Å². The average molecular weight is 211 g/mol. The highest BCUT2D eigenvalue weighted by atomic mass is 32.1. The van der Waals surface area contributed by atoms with Crippen LogP contribution in [0.1, 0.15) is 39.1 Å². The molecule has 0 radical (unpaired) electrons. The molecule has 0 fully saturated rings. The minimum absolute atomic E-state index is 0.313. The van der Waals surface area contributed by atoms with Gasteiger partial charge in [0.05, 0.1) is 5.76 Å². The van der Waals surface area contributed by atoms with Gasteiger partial charge in [-0.1, -0.05) is 6.92 Å². The highest BCUT2D eigenvalue weighted by Crippen LogP contribution is 2.29. The lowest BCUT2D eigenvalue weighted by molar-refractivity contribution is 0.0272. The van der Waals surface area contributed by atoms with Crippen molar-refractivity contribution in [3.8, 4) is 0 Å². The molecule has 0 spiro atoms. The van der Waals surface area contributed by atoms with Crippen molar-refractivity contribution >= 4 is 11.3 Å². The number of nitrogens with zero attached hydrogens (tertiary/aromatic N) is 1. The molecule has 0 aliphatic carbocycles. The Morgan fingerprint density at radius 2 is 2.36 bits per heavy atom. The topological polar surface area (TPSA) is 22.1 Å². The van der Waals surface area contributed by atoms with Gasteiger partial charge >= 0.3 is 0 Å². The zero-order valence-electron chi connectivity index (χ0n) is 9.20. The molecule has 0 saturated carbocycles. The summed E-state index contributed by atoms with van der Waals surface area (Å²) in [6.45, 7) is 8.18. The van der Waals surface area contributed by atoms with E-state index in [1.807, 2.05) is 38.4 Å². The minimum atomic E-state index is -0.313. The molecule has 0 aliphatic heterocycles. The Kier molecular flexibility index (Phi) is 3.69. The summed E-state index contributed by atoms with van der Waals surface area (Å²) in [5.41, 5.74) is -0.313. The Morgan fingerprint density at radius 3 is 2.79 bits per heavy atom. The molecule has 0 unspecified atom stereocenters. The third kappa shape index (κ3) is 2.58. The smallest absolute Gasteiger partial charge is 0.154 e. The molecule has 0 saturated heterocycles. The third-order valence-electron chi connectivity index (χ3n) is 2.00. The first-order valence-electron chi connectivity index (χ1n) is 4.84. The number of hydrogen-bond acceptors (Lipinski definition) is 3. The number of allylic oxidation sites excluding steroid dienone is 2. The summed E-state index contributed by atoms with van der Waals surface area (Å²) in [6, 6.07) is 0. The molecule has 0 atom stereocenters. The Morgan fingerprint density at radius 1 is 1.64 bits per heavy atom. The third-order valence-corrected chi connectivity index (χ3v) is 3.08. The van der Waals surface area contributed by atoms with Crippen LogP contribution in [0, 0.1) is 0 Å². The molecule has 2 nitrogen and oxygen atoms in total. The van der Waals surface area contributed by atoms with E-state index < -0.39 is 0 Å².